The molecular formula is C11H15N3O2SY-2. The third-order valence-corrected chi connectivity index (χ3v) is 3.49. The van der Waals surface area contributed by atoms with Crippen molar-refractivity contribution in [2.45, 2.75) is 4.90 Å². The van der Waals surface area contributed by atoms with Gasteiger partial charge in [-0.1, -0.05) is 6.07 Å². The molecule has 1 rings (SSSR count). The summed E-state index contributed by atoms with van der Waals surface area (Å²) in [5.74, 6) is 0. The van der Waals surface area contributed by atoms with Crippen LogP contribution in [0, 0.1) is 18.8 Å². The topological polar surface area (TPSA) is 75.3 Å². The van der Waals surface area contributed by atoms with E-state index in [-0.39, 0.29) is 50.6 Å². The Morgan fingerprint density at radius 1 is 1.33 bits per heavy atom. The molecule has 0 heterocycles. The van der Waals surface area contributed by atoms with Crippen LogP contribution in [-0.2, 0) is 42.7 Å². The minimum atomic E-state index is -3.72. The molecule has 0 spiro atoms. The molecule has 0 bridgehead atoms. The Labute approximate surface area is 134 Å². The van der Waals surface area contributed by atoms with Crippen LogP contribution in [-0.4, -0.2) is 29.6 Å². The molecule has 0 N–H and O–H groups in total. The Morgan fingerprint density at radius 2 is 1.89 bits per heavy atom. The average Bonchev–Trinajstić information content (AvgIpc) is 2.27. The maximum atomic E-state index is 11.6. The van der Waals surface area contributed by atoms with Crippen LogP contribution in [0.25, 0.3) is 4.72 Å². The monoisotopic (exact) mass is 342 g/mol. The molecule has 18 heavy (non-hydrogen) atoms. The van der Waals surface area contributed by atoms with Crippen LogP contribution in [0.15, 0.2) is 23.1 Å². The van der Waals surface area contributed by atoms with Gasteiger partial charge < -0.3 is 17.0 Å². The maximum Gasteiger partial charge on any atom is 0.103 e. The second-order valence-electron chi connectivity index (χ2n) is 3.31. The van der Waals surface area contributed by atoms with E-state index in [1.54, 1.807) is 31.1 Å². The summed E-state index contributed by atoms with van der Waals surface area (Å²) in [5, 5.41) is 9.02. The van der Waals surface area contributed by atoms with Gasteiger partial charge in [-0.25, -0.2) is 8.42 Å². The molecule has 0 atom stereocenters. The largest absolute Gasteiger partial charge is 0.547 e. The summed E-state index contributed by atoms with van der Waals surface area (Å²) in [4.78, 5) is 1.64. The molecule has 0 fully saturated rings. The third kappa shape index (κ3) is 4.02. The van der Waals surface area contributed by atoms with Crippen LogP contribution >= 0.6 is 0 Å². The summed E-state index contributed by atoms with van der Waals surface area (Å²) in [7, 11) is 0.964. The number of benzene rings is 1. The smallest absolute Gasteiger partial charge is 0.103 e. The number of nitriles is 1. The number of rotatable bonds is 3. The SMILES string of the molecule is C[N-]S(=O)(=O)c1cccc(N(C)C)c1C#N.[CH3-].[Y]. The Balaban J connectivity index is 0. The Kier molecular flexibility index (Phi) is 8.66. The second-order valence-corrected chi connectivity index (χ2v) is 5.07. The van der Waals surface area contributed by atoms with Gasteiger partial charge in [0, 0.05) is 46.8 Å². The summed E-state index contributed by atoms with van der Waals surface area (Å²) in [6.45, 7) is 0. The van der Waals surface area contributed by atoms with Gasteiger partial charge in [-0.15, -0.1) is 0 Å². The van der Waals surface area contributed by atoms with Crippen molar-refractivity contribution in [3.63, 3.8) is 0 Å². The molecule has 97 valence electrons. The molecular weight excluding hydrogens is 327 g/mol. The quantitative estimate of drug-likeness (QED) is 0.785. The predicted molar refractivity (Wildman–Crippen MR) is 68.4 cm³/mol. The summed E-state index contributed by atoms with van der Waals surface area (Å²) < 4.78 is 26.5. The molecule has 1 aromatic rings. The van der Waals surface area contributed by atoms with Crippen LogP contribution in [0.1, 0.15) is 5.56 Å². The van der Waals surface area contributed by atoms with Crippen molar-refractivity contribution >= 4 is 15.7 Å². The fourth-order valence-electron chi connectivity index (χ4n) is 1.32. The van der Waals surface area contributed by atoms with Crippen molar-refractivity contribution in [2.24, 2.45) is 0 Å². The zero-order chi connectivity index (χ0) is 12.3. The van der Waals surface area contributed by atoms with E-state index in [1.165, 1.54) is 13.1 Å². The van der Waals surface area contributed by atoms with Crippen LogP contribution in [0.5, 0.6) is 0 Å². The number of sulfonamides is 1. The van der Waals surface area contributed by atoms with Crippen molar-refractivity contribution in [2.75, 3.05) is 26.0 Å². The van der Waals surface area contributed by atoms with Gasteiger partial charge in [0.25, 0.3) is 0 Å². The average molecular weight is 342 g/mol. The van der Waals surface area contributed by atoms with Gasteiger partial charge in [0.05, 0.1) is 16.1 Å². The molecule has 0 saturated carbocycles. The summed E-state index contributed by atoms with van der Waals surface area (Å²) in [5.41, 5.74) is 0.685. The molecule has 0 saturated heterocycles. The van der Waals surface area contributed by atoms with E-state index in [4.69, 9.17) is 5.26 Å². The number of nitrogens with zero attached hydrogens (tertiary/aromatic N) is 3. The van der Waals surface area contributed by atoms with Gasteiger partial charge in [0.15, 0.2) is 0 Å². The van der Waals surface area contributed by atoms with Gasteiger partial charge in [0.1, 0.15) is 16.1 Å². The van der Waals surface area contributed by atoms with E-state index in [1.807, 2.05) is 6.07 Å². The molecule has 0 aromatic heterocycles. The standard InChI is InChI=1S/C10H12N3O2S.CH3.Y/c1-12-16(14,15)10-6-4-5-9(13(2)3)8(10)7-11;;/h4-6H,1-3H3;1H3;/q2*-1;. The van der Waals surface area contributed by atoms with Gasteiger partial charge >= 0.3 is 0 Å². The number of anilines is 1. The first-order chi connectivity index (χ1) is 7.44. The van der Waals surface area contributed by atoms with E-state index in [0.29, 0.717) is 5.69 Å². The fraction of sp³-hybridized carbons (Fsp3) is 0.273. The summed E-state index contributed by atoms with van der Waals surface area (Å²) >= 11 is 0. The molecule has 7 heteroatoms. The van der Waals surface area contributed by atoms with Crippen molar-refractivity contribution in [3.05, 3.63) is 35.9 Å². The minimum Gasteiger partial charge on any atom is -0.547 e. The van der Waals surface area contributed by atoms with Crippen LogP contribution in [0.3, 0.4) is 0 Å². The normalized spacial score (nSPS) is 9.67. The first kappa shape index (κ1) is 19.9. The minimum absolute atomic E-state index is 0. The molecule has 1 radical (unpaired) electrons. The third-order valence-electron chi connectivity index (χ3n) is 2.12. The van der Waals surface area contributed by atoms with Gasteiger partial charge in [-0.2, -0.15) is 12.3 Å². The van der Waals surface area contributed by atoms with E-state index < -0.39 is 10.0 Å². The van der Waals surface area contributed by atoms with Crippen LogP contribution in [0.2, 0.25) is 0 Å². The van der Waals surface area contributed by atoms with E-state index in [0.717, 1.165) is 0 Å². The van der Waals surface area contributed by atoms with Crippen LogP contribution in [0.4, 0.5) is 5.69 Å². The van der Waals surface area contributed by atoms with E-state index in [2.05, 4.69) is 4.72 Å². The van der Waals surface area contributed by atoms with Crippen LogP contribution < -0.4 is 4.90 Å². The van der Waals surface area contributed by atoms with E-state index in [9.17, 15) is 8.42 Å². The Hall–Kier alpha value is -0.476. The van der Waals surface area contributed by atoms with Crippen molar-refractivity contribution < 1.29 is 41.1 Å². The molecule has 5 nitrogen and oxygen atoms in total. The molecule has 0 aliphatic carbocycles. The molecule has 0 aliphatic heterocycles. The van der Waals surface area contributed by atoms with Gasteiger partial charge in [-0.05, 0) is 12.1 Å². The Bertz CT molecular complexity index is 536. The maximum absolute atomic E-state index is 11.6. The molecule has 0 amide bonds. The zero-order valence-electron chi connectivity index (χ0n) is 10.9. The molecule has 0 unspecified atom stereocenters. The number of hydrogen-bond donors (Lipinski definition) is 0. The first-order valence-electron chi connectivity index (χ1n) is 4.50. The van der Waals surface area contributed by atoms with Crippen molar-refractivity contribution in [3.8, 4) is 6.07 Å². The van der Waals surface area contributed by atoms with Gasteiger partial charge in [0.2, 0.25) is 0 Å². The predicted octanol–water partition coefficient (Wildman–Crippen LogP) is 1.76. The Morgan fingerprint density at radius 3 is 2.28 bits per heavy atom. The molecule has 1 aromatic carbocycles. The molecule has 0 aliphatic rings. The number of hydrogen-bond acceptors (Lipinski definition) is 4. The fourth-order valence-corrected chi connectivity index (χ4v) is 2.17. The summed E-state index contributed by atoms with van der Waals surface area (Å²) in [6, 6.07) is 6.57. The zero-order valence-corrected chi connectivity index (χ0v) is 14.5. The summed E-state index contributed by atoms with van der Waals surface area (Å²) in [6.07, 6.45) is 0. The first-order valence-corrected chi connectivity index (χ1v) is 5.94. The van der Waals surface area contributed by atoms with Crippen molar-refractivity contribution in [1.29, 1.82) is 5.26 Å². The van der Waals surface area contributed by atoms with Crippen molar-refractivity contribution in [1.82, 2.24) is 0 Å². The van der Waals surface area contributed by atoms with E-state index >= 15 is 0 Å². The second kappa shape index (κ2) is 7.85. The van der Waals surface area contributed by atoms with Gasteiger partial charge in [-0.3, -0.25) is 0 Å².